The van der Waals surface area contributed by atoms with Crippen molar-refractivity contribution in [2.75, 3.05) is 13.1 Å². The molecule has 1 atom stereocenters. The summed E-state index contributed by atoms with van der Waals surface area (Å²) in [5, 5.41) is 19.4. The fourth-order valence-electron chi connectivity index (χ4n) is 5.86. The first-order valence-electron chi connectivity index (χ1n) is 14.2. The van der Waals surface area contributed by atoms with Crippen molar-refractivity contribution in [1.29, 1.82) is 0 Å². The van der Waals surface area contributed by atoms with Crippen LogP contribution in [-0.4, -0.2) is 61.4 Å². The molecule has 44 heavy (non-hydrogen) atoms. The van der Waals surface area contributed by atoms with Gasteiger partial charge in [0.15, 0.2) is 23.0 Å². The summed E-state index contributed by atoms with van der Waals surface area (Å²) in [4.78, 5) is 57.6. The lowest BCUT2D eigenvalue weighted by Crippen LogP contribution is -2.31. The number of carboxylic acid groups (broad SMARTS) is 1. The number of likely N-dealkylation sites (tertiary alicyclic amines) is 1. The maximum absolute atomic E-state index is 13.7. The SMILES string of the molecule is Cc1c(C(=O)O)ccc2c1CC[C@@H]2NC(=O)c1cc(C(=O)NCc2ccc(F)c(F)c2)nc2cc(C(=O)N3CCCC3)nn12. The van der Waals surface area contributed by atoms with E-state index in [1.807, 2.05) is 0 Å². The number of nitrogens with zero attached hydrogens (tertiary/aromatic N) is 4. The first-order chi connectivity index (χ1) is 21.1. The minimum absolute atomic E-state index is 0.0409. The molecule has 0 bridgehead atoms. The molecule has 0 spiro atoms. The molecule has 11 nitrogen and oxygen atoms in total. The van der Waals surface area contributed by atoms with E-state index in [4.69, 9.17) is 0 Å². The highest BCUT2D eigenvalue weighted by Gasteiger charge is 2.30. The minimum Gasteiger partial charge on any atom is -0.478 e. The molecule has 3 N–H and O–H groups in total. The van der Waals surface area contributed by atoms with Gasteiger partial charge < -0.3 is 20.6 Å². The number of carbonyl (C=O) groups is 4. The summed E-state index contributed by atoms with van der Waals surface area (Å²) in [5.74, 6) is -4.64. The smallest absolute Gasteiger partial charge is 0.335 e. The number of rotatable bonds is 7. The number of benzene rings is 2. The summed E-state index contributed by atoms with van der Waals surface area (Å²) in [5.41, 5.74) is 2.85. The Morgan fingerprint density at radius 1 is 0.977 bits per heavy atom. The van der Waals surface area contributed by atoms with Crippen molar-refractivity contribution in [3.63, 3.8) is 0 Å². The van der Waals surface area contributed by atoms with E-state index in [2.05, 4.69) is 20.7 Å². The molecule has 2 aromatic heterocycles. The Hall–Kier alpha value is -5.20. The third kappa shape index (κ3) is 5.36. The van der Waals surface area contributed by atoms with Gasteiger partial charge in [-0.15, -0.1) is 0 Å². The molecule has 1 aliphatic heterocycles. The summed E-state index contributed by atoms with van der Waals surface area (Å²) < 4.78 is 28.2. The van der Waals surface area contributed by atoms with Crippen LogP contribution in [0.15, 0.2) is 42.5 Å². The first-order valence-corrected chi connectivity index (χ1v) is 14.2. The largest absolute Gasteiger partial charge is 0.478 e. The molecule has 1 fully saturated rings. The van der Waals surface area contributed by atoms with E-state index in [-0.39, 0.29) is 40.7 Å². The number of aromatic carboxylic acids is 1. The molecule has 1 aliphatic carbocycles. The van der Waals surface area contributed by atoms with Gasteiger partial charge in [0.1, 0.15) is 11.4 Å². The zero-order chi connectivity index (χ0) is 31.1. The fraction of sp³-hybridized carbons (Fsp3) is 0.290. The van der Waals surface area contributed by atoms with Crippen molar-refractivity contribution in [3.05, 3.63) is 99.0 Å². The van der Waals surface area contributed by atoms with Crippen molar-refractivity contribution in [2.24, 2.45) is 0 Å². The molecule has 0 radical (unpaired) electrons. The molecule has 226 valence electrons. The van der Waals surface area contributed by atoms with Crippen LogP contribution >= 0.6 is 0 Å². The first kappa shape index (κ1) is 28.9. The van der Waals surface area contributed by atoms with Crippen LogP contribution in [-0.2, 0) is 13.0 Å². The van der Waals surface area contributed by atoms with Crippen LogP contribution in [0.5, 0.6) is 0 Å². The maximum atomic E-state index is 13.7. The molecule has 3 amide bonds. The summed E-state index contributed by atoms with van der Waals surface area (Å²) in [6.45, 7) is 2.80. The van der Waals surface area contributed by atoms with Gasteiger partial charge >= 0.3 is 5.97 Å². The highest BCUT2D eigenvalue weighted by atomic mass is 19.2. The molecule has 4 aromatic rings. The average Bonchev–Trinajstić information content (AvgIpc) is 3.77. The fourth-order valence-corrected chi connectivity index (χ4v) is 5.86. The van der Waals surface area contributed by atoms with E-state index in [0.717, 1.165) is 36.1 Å². The zero-order valence-electron chi connectivity index (χ0n) is 23.7. The van der Waals surface area contributed by atoms with Crippen LogP contribution in [0.1, 0.15) is 89.4 Å². The summed E-state index contributed by atoms with van der Waals surface area (Å²) >= 11 is 0. The standard InChI is InChI=1S/C31H28F2N6O5/c1-16-18-7-9-23(20(18)6-5-19(16)31(43)44)36-29(41)26-13-24(28(40)34-15-17-4-8-21(32)22(33)12-17)35-27-14-25(37-39(26)27)30(42)38-10-2-3-11-38/h4-6,8,12-14,23H,2-3,7,9-11,15H2,1H3,(H,34,40)(H,36,41)(H,43,44)/t23-/m0/s1. The molecule has 1 saturated heterocycles. The summed E-state index contributed by atoms with van der Waals surface area (Å²) in [6.07, 6.45) is 2.87. The highest BCUT2D eigenvalue weighted by Crippen LogP contribution is 2.35. The molecule has 0 unspecified atom stereocenters. The van der Waals surface area contributed by atoms with Gasteiger partial charge in [0.25, 0.3) is 17.7 Å². The van der Waals surface area contributed by atoms with Crippen molar-refractivity contribution in [3.8, 4) is 0 Å². The van der Waals surface area contributed by atoms with Gasteiger partial charge in [0, 0.05) is 31.8 Å². The van der Waals surface area contributed by atoms with E-state index in [0.29, 0.717) is 37.1 Å². The number of carboxylic acids is 1. The van der Waals surface area contributed by atoms with E-state index >= 15 is 0 Å². The van der Waals surface area contributed by atoms with Crippen LogP contribution in [0, 0.1) is 18.6 Å². The van der Waals surface area contributed by atoms with Gasteiger partial charge in [-0.3, -0.25) is 14.4 Å². The lowest BCUT2D eigenvalue weighted by molar-refractivity contribution is 0.0694. The highest BCUT2D eigenvalue weighted by molar-refractivity contribution is 5.99. The number of aromatic nitrogens is 3. The normalized spacial score (nSPS) is 15.8. The van der Waals surface area contributed by atoms with Crippen LogP contribution in [0.4, 0.5) is 8.78 Å². The van der Waals surface area contributed by atoms with Gasteiger partial charge in [-0.2, -0.15) is 5.10 Å². The Bertz CT molecular complexity index is 1850. The quantitative estimate of drug-likeness (QED) is 0.293. The van der Waals surface area contributed by atoms with Gasteiger partial charge in [-0.1, -0.05) is 12.1 Å². The molecule has 6 rings (SSSR count). The maximum Gasteiger partial charge on any atom is 0.335 e. The Kier molecular flexibility index (Phi) is 7.53. The number of halogens is 2. The molecule has 0 saturated carbocycles. The van der Waals surface area contributed by atoms with E-state index in [1.54, 1.807) is 17.9 Å². The third-order valence-electron chi connectivity index (χ3n) is 8.17. The number of fused-ring (bicyclic) bond motifs is 2. The van der Waals surface area contributed by atoms with Crippen LogP contribution in [0.3, 0.4) is 0 Å². The second kappa shape index (κ2) is 11.5. The molecule has 2 aromatic carbocycles. The van der Waals surface area contributed by atoms with E-state index < -0.39 is 35.5 Å². The molecular formula is C31H28F2N6O5. The molecule has 2 aliphatic rings. The van der Waals surface area contributed by atoms with Crippen molar-refractivity contribution in [1.82, 2.24) is 30.1 Å². The predicted molar refractivity (Wildman–Crippen MR) is 152 cm³/mol. The molecular weight excluding hydrogens is 574 g/mol. The third-order valence-corrected chi connectivity index (χ3v) is 8.17. The molecule has 3 heterocycles. The number of nitrogens with one attached hydrogen (secondary N) is 2. The number of carbonyl (C=O) groups excluding carboxylic acids is 3. The van der Waals surface area contributed by atoms with E-state index in [9.17, 15) is 33.1 Å². The van der Waals surface area contributed by atoms with Crippen molar-refractivity contribution >= 4 is 29.3 Å². The number of amides is 3. The Labute approximate surface area is 249 Å². The lowest BCUT2D eigenvalue weighted by Gasteiger charge is -2.16. The van der Waals surface area contributed by atoms with E-state index in [1.165, 1.54) is 28.8 Å². The second-order valence-electron chi connectivity index (χ2n) is 10.9. The van der Waals surface area contributed by atoms with Crippen molar-refractivity contribution < 1.29 is 33.1 Å². The van der Waals surface area contributed by atoms with Gasteiger partial charge in [0.2, 0.25) is 0 Å². The van der Waals surface area contributed by atoms with Gasteiger partial charge in [0.05, 0.1) is 11.6 Å². The predicted octanol–water partition coefficient (Wildman–Crippen LogP) is 3.60. The minimum atomic E-state index is -1.05. The Balaban J connectivity index is 1.32. The summed E-state index contributed by atoms with van der Waals surface area (Å²) in [6, 6.07) is 8.74. The van der Waals surface area contributed by atoms with Crippen LogP contribution in [0.25, 0.3) is 5.65 Å². The Morgan fingerprint density at radius 3 is 2.48 bits per heavy atom. The zero-order valence-corrected chi connectivity index (χ0v) is 23.7. The van der Waals surface area contributed by atoms with Crippen LogP contribution < -0.4 is 10.6 Å². The Morgan fingerprint density at radius 2 is 1.75 bits per heavy atom. The lowest BCUT2D eigenvalue weighted by atomic mass is 9.98. The topological polar surface area (TPSA) is 146 Å². The summed E-state index contributed by atoms with van der Waals surface area (Å²) in [7, 11) is 0. The molecule has 13 heteroatoms. The average molecular weight is 603 g/mol. The van der Waals surface area contributed by atoms with Gasteiger partial charge in [-0.25, -0.2) is 23.1 Å². The van der Waals surface area contributed by atoms with Crippen LogP contribution in [0.2, 0.25) is 0 Å². The van der Waals surface area contributed by atoms with Crippen molar-refractivity contribution in [2.45, 2.75) is 45.2 Å². The monoisotopic (exact) mass is 602 g/mol. The number of hydrogen-bond acceptors (Lipinski definition) is 6. The van der Waals surface area contributed by atoms with Gasteiger partial charge in [-0.05, 0) is 73.1 Å². The number of hydrogen-bond donors (Lipinski definition) is 3. The second-order valence-corrected chi connectivity index (χ2v) is 10.9.